The van der Waals surface area contributed by atoms with E-state index in [4.69, 9.17) is 15.6 Å². The van der Waals surface area contributed by atoms with Crippen molar-refractivity contribution in [2.24, 2.45) is 0 Å². The summed E-state index contributed by atoms with van der Waals surface area (Å²) in [6.45, 7) is 0.644. The summed E-state index contributed by atoms with van der Waals surface area (Å²) < 4.78 is 19.1. The van der Waals surface area contributed by atoms with Crippen LogP contribution in [-0.2, 0) is 0 Å². The molecule has 0 bridgehead atoms. The van der Waals surface area contributed by atoms with Gasteiger partial charge in [-0.25, -0.2) is 9.18 Å². The number of benzene rings is 2. The summed E-state index contributed by atoms with van der Waals surface area (Å²) in [5.74, 6) is -1.09. The standard InChI is InChI=1S/C15H15FN2O3/c16-12-9-13(17)11(15(19)20)8-14(12)18-6-7-21-10-4-2-1-3-5-10/h1-5,8-9,18H,6-7,17H2,(H,19,20). The van der Waals surface area contributed by atoms with E-state index in [2.05, 4.69) is 5.32 Å². The molecule has 110 valence electrons. The van der Waals surface area contributed by atoms with E-state index in [1.165, 1.54) is 6.07 Å². The van der Waals surface area contributed by atoms with E-state index in [0.717, 1.165) is 6.07 Å². The highest BCUT2D eigenvalue weighted by Crippen LogP contribution is 2.22. The SMILES string of the molecule is Nc1cc(F)c(NCCOc2ccccc2)cc1C(=O)O. The molecular formula is C15H15FN2O3. The summed E-state index contributed by atoms with van der Waals surface area (Å²) in [6, 6.07) is 11.4. The van der Waals surface area contributed by atoms with Crippen LogP contribution in [0.2, 0.25) is 0 Å². The lowest BCUT2D eigenvalue weighted by Crippen LogP contribution is -2.13. The molecule has 2 aromatic rings. The fourth-order valence-electron chi connectivity index (χ4n) is 1.78. The van der Waals surface area contributed by atoms with Gasteiger partial charge >= 0.3 is 5.97 Å². The fraction of sp³-hybridized carbons (Fsp3) is 0.133. The molecule has 2 rings (SSSR count). The normalized spacial score (nSPS) is 10.1. The maximum absolute atomic E-state index is 13.7. The maximum Gasteiger partial charge on any atom is 0.337 e. The van der Waals surface area contributed by atoms with Crippen LogP contribution < -0.4 is 15.8 Å². The molecule has 0 aromatic heterocycles. The third-order valence-electron chi connectivity index (χ3n) is 2.80. The summed E-state index contributed by atoms with van der Waals surface area (Å²) in [7, 11) is 0. The van der Waals surface area contributed by atoms with Crippen LogP contribution in [0.1, 0.15) is 10.4 Å². The largest absolute Gasteiger partial charge is 0.492 e. The quantitative estimate of drug-likeness (QED) is 0.562. The Hall–Kier alpha value is -2.76. The fourth-order valence-corrected chi connectivity index (χ4v) is 1.78. The van der Waals surface area contributed by atoms with Crippen molar-refractivity contribution in [2.75, 3.05) is 24.2 Å². The summed E-state index contributed by atoms with van der Waals surface area (Å²) in [5.41, 5.74) is 5.29. The Labute approximate surface area is 121 Å². The Bertz CT molecular complexity index is 632. The lowest BCUT2D eigenvalue weighted by atomic mass is 10.1. The number of anilines is 2. The first-order chi connectivity index (χ1) is 10.1. The summed E-state index contributed by atoms with van der Waals surface area (Å²) in [5, 5.41) is 11.7. The molecule has 5 nitrogen and oxygen atoms in total. The zero-order chi connectivity index (χ0) is 15.2. The van der Waals surface area contributed by atoms with Gasteiger partial charge in [0.05, 0.1) is 11.3 Å². The number of hydrogen-bond acceptors (Lipinski definition) is 4. The minimum Gasteiger partial charge on any atom is -0.492 e. The van der Waals surface area contributed by atoms with Gasteiger partial charge in [0, 0.05) is 12.2 Å². The van der Waals surface area contributed by atoms with Crippen molar-refractivity contribution in [3.63, 3.8) is 0 Å². The molecule has 0 unspecified atom stereocenters. The molecule has 0 saturated carbocycles. The van der Waals surface area contributed by atoms with Crippen molar-refractivity contribution in [3.8, 4) is 5.75 Å². The van der Waals surface area contributed by atoms with Gasteiger partial charge < -0.3 is 20.9 Å². The van der Waals surface area contributed by atoms with Crippen LogP contribution in [0.5, 0.6) is 5.75 Å². The summed E-state index contributed by atoms with van der Waals surface area (Å²) in [6.07, 6.45) is 0. The number of carbonyl (C=O) groups is 1. The highest BCUT2D eigenvalue weighted by atomic mass is 19.1. The molecule has 0 aliphatic heterocycles. The van der Waals surface area contributed by atoms with E-state index in [1.54, 1.807) is 0 Å². The second-order valence-corrected chi connectivity index (χ2v) is 4.31. The topological polar surface area (TPSA) is 84.6 Å². The number of ether oxygens (including phenoxy) is 1. The van der Waals surface area contributed by atoms with E-state index in [1.807, 2.05) is 30.3 Å². The molecule has 0 radical (unpaired) electrons. The second kappa shape index (κ2) is 6.60. The number of halogens is 1. The number of para-hydroxylation sites is 1. The van der Waals surface area contributed by atoms with Gasteiger partial charge in [0.2, 0.25) is 0 Å². The Morgan fingerprint density at radius 2 is 2.00 bits per heavy atom. The van der Waals surface area contributed by atoms with Crippen LogP contribution in [-0.4, -0.2) is 24.2 Å². The molecule has 2 aromatic carbocycles. The van der Waals surface area contributed by atoms with Gasteiger partial charge in [-0.2, -0.15) is 0 Å². The molecule has 0 fully saturated rings. The van der Waals surface area contributed by atoms with Gasteiger partial charge in [0.15, 0.2) is 0 Å². The Kier molecular flexibility index (Phi) is 4.61. The van der Waals surface area contributed by atoms with Gasteiger partial charge in [-0.05, 0) is 24.3 Å². The third kappa shape index (κ3) is 3.85. The first kappa shape index (κ1) is 14.6. The number of hydrogen-bond donors (Lipinski definition) is 3. The van der Waals surface area contributed by atoms with Crippen LogP contribution in [0.3, 0.4) is 0 Å². The summed E-state index contributed by atoms with van der Waals surface area (Å²) in [4.78, 5) is 10.9. The van der Waals surface area contributed by atoms with Crippen molar-refractivity contribution in [3.05, 3.63) is 53.8 Å². The van der Waals surface area contributed by atoms with Gasteiger partial charge in [-0.15, -0.1) is 0 Å². The van der Waals surface area contributed by atoms with Crippen LogP contribution in [0.15, 0.2) is 42.5 Å². The Morgan fingerprint density at radius 3 is 2.67 bits per heavy atom. The predicted molar refractivity (Wildman–Crippen MR) is 78.2 cm³/mol. The second-order valence-electron chi connectivity index (χ2n) is 4.31. The zero-order valence-electron chi connectivity index (χ0n) is 11.2. The molecule has 0 aliphatic carbocycles. The van der Waals surface area contributed by atoms with E-state index in [-0.39, 0.29) is 16.9 Å². The Morgan fingerprint density at radius 1 is 1.29 bits per heavy atom. The van der Waals surface area contributed by atoms with E-state index in [0.29, 0.717) is 18.9 Å². The van der Waals surface area contributed by atoms with Crippen molar-refractivity contribution >= 4 is 17.3 Å². The number of aromatic carboxylic acids is 1. The van der Waals surface area contributed by atoms with Crippen LogP contribution in [0.25, 0.3) is 0 Å². The van der Waals surface area contributed by atoms with E-state index >= 15 is 0 Å². The number of nitrogen functional groups attached to an aromatic ring is 1. The number of nitrogens with two attached hydrogens (primary N) is 1. The van der Waals surface area contributed by atoms with Crippen molar-refractivity contribution in [1.29, 1.82) is 0 Å². The van der Waals surface area contributed by atoms with Crippen LogP contribution in [0.4, 0.5) is 15.8 Å². The molecular weight excluding hydrogens is 275 g/mol. The molecule has 0 atom stereocenters. The molecule has 0 spiro atoms. The van der Waals surface area contributed by atoms with Crippen molar-refractivity contribution < 1.29 is 19.0 Å². The van der Waals surface area contributed by atoms with E-state index < -0.39 is 11.8 Å². The number of rotatable bonds is 6. The number of nitrogens with one attached hydrogen (secondary N) is 1. The number of carboxylic acid groups (broad SMARTS) is 1. The number of carboxylic acids is 1. The van der Waals surface area contributed by atoms with Crippen molar-refractivity contribution in [1.82, 2.24) is 0 Å². The highest BCUT2D eigenvalue weighted by Gasteiger charge is 2.12. The lowest BCUT2D eigenvalue weighted by molar-refractivity contribution is 0.0698. The maximum atomic E-state index is 13.7. The molecule has 0 aliphatic rings. The predicted octanol–water partition coefficient (Wildman–Crippen LogP) is 2.60. The molecule has 0 saturated heterocycles. The molecule has 4 N–H and O–H groups in total. The summed E-state index contributed by atoms with van der Waals surface area (Å²) >= 11 is 0. The van der Waals surface area contributed by atoms with Gasteiger partial charge in [0.1, 0.15) is 18.2 Å². The average molecular weight is 290 g/mol. The average Bonchev–Trinajstić information content (AvgIpc) is 2.46. The van der Waals surface area contributed by atoms with Gasteiger partial charge in [-0.1, -0.05) is 18.2 Å². The lowest BCUT2D eigenvalue weighted by Gasteiger charge is -2.11. The monoisotopic (exact) mass is 290 g/mol. The van der Waals surface area contributed by atoms with Gasteiger partial charge in [0.25, 0.3) is 0 Å². The zero-order valence-corrected chi connectivity index (χ0v) is 11.2. The minimum atomic E-state index is -1.20. The highest BCUT2D eigenvalue weighted by molar-refractivity contribution is 5.94. The minimum absolute atomic E-state index is 0.0817. The van der Waals surface area contributed by atoms with Crippen molar-refractivity contribution in [2.45, 2.75) is 0 Å². The molecule has 6 heteroatoms. The van der Waals surface area contributed by atoms with Gasteiger partial charge in [-0.3, -0.25) is 0 Å². The molecule has 21 heavy (non-hydrogen) atoms. The van der Waals surface area contributed by atoms with E-state index in [9.17, 15) is 9.18 Å². The van der Waals surface area contributed by atoms with Crippen LogP contribution >= 0.6 is 0 Å². The molecule has 0 amide bonds. The smallest absolute Gasteiger partial charge is 0.337 e. The first-order valence-corrected chi connectivity index (χ1v) is 6.32. The third-order valence-corrected chi connectivity index (χ3v) is 2.80. The Balaban J connectivity index is 1.94. The first-order valence-electron chi connectivity index (χ1n) is 6.32. The van der Waals surface area contributed by atoms with Crippen LogP contribution in [0, 0.1) is 5.82 Å². The molecule has 0 heterocycles.